The number of nitrogens with two attached hydrogens (primary N) is 1. The van der Waals surface area contributed by atoms with E-state index in [0.29, 0.717) is 12.3 Å². The summed E-state index contributed by atoms with van der Waals surface area (Å²) in [6.07, 6.45) is 0.985. The van der Waals surface area contributed by atoms with Crippen LogP contribution < -0.4 is 5.73 Å². The van der Waals surface area contributed by atoms with Crippen molar-refractivity contribution in [2.45, 2.75) is 11.3 Å². The third-order valence-corrected chi connectivity index (χ3v) is 2.62. The van der Waals surface area contributed by atoms with E-state index >= 15 is 0 Å². The van der Waals surface area contributed by atoms with Crippen molar-refractivity contribution in [3.05, 3.63) is 24.3 Å². The van der Waals surface area contributed by atoms with E-state index < -0.39 is 0 Å². The van der Waals surface area contributed by atoms with E-state index in [9.17, 15) is 5.11 Å². The second-order valence-electron chi connectivity index (χ2n) is 2.46. The lowest BCUT2D eigenvalue weighted by Gasteiger charge is -2.01. The van der Waals surface area contributed by atoms with Crippen molar-refractivity contribution < 1.29 is 5.11 Å². The number of phenolic OH excluding ortho intramolecular Hbond substituents is 1. The van der Waals surface area contributed by atoms with Crippen LogP contribution >= 0.6 is 11.8 Å². The summed E-state index contributed by atoms with van der Waals surface area (Å²) in [7, 11) is 0. The van der Waals surface area contributed by atoms with E-state index in [1.807, 2.05) is 18.2 Å². The first-order valence-corrected chi connectivity index (χ1v) is 4.94. The molecular formula is C9H13NOS. The largest absolute Gasteiger partial charge is 0.507 e. The molecule has 0 amide bonds. The average molecular weight is 183 g/mol. The second-order valence-corrected chi connectivity index (χ2v) is 3.60. The average Bonchev–Trinajstić information content (AvgIpc) is 2.09. The first kappa shape index (κ1) is 9.42. The number of benzene rings is 1. The molecule has 0 fully saturated rings. The van der Waals surface area contributed by atoms with Crippen molar-refractivity contribution in [1.29, 1.82) is 0 Å². The number of hydrogen-bond acceptors (Lipinski definition) is 3. The Morgan fingerprint density at radius 1 is 1.33 bits per heavy atom. The second kappa shape index (κ2) is 5.06. The van der Waals surface area contributed by atoms with E-state index in [4.69, 9.17) is 5.73 Å². The highest BCUT2D eigenvalue weighted by atomic mass is 32.2. The zero-order chi connectivity index (χ0) is 8.81. The van der Waals surface area contributed by atoms with Gasteiger partial charge in [0.15, 0.2) is 0 Å². The summed E-state index contributed by atoms with van der Waals surface area (Å²) in [5.74, 6) is 1.33. The number of phenols is 1. The van der Waals surface area contributed by atoms with Crippen LogP contribution in [0.1, 0.15) is 6.42 Å². The van der Waals surface area contributed by atoms with Crippen LogP contribution in [-0.4, -0.2) is 17.4 Å². The van der Waals surface area contributed by atoms with Gasteiger partial charge in [-0.05, 0) is 30.9 Å². The van der Waals surface area contributed by atoms with Gasteiger partial charge >= 0.3 is 0 Å². The Hall–Kier alpha value is -0.670. The van der Waals surface area contributed by atoms with Crippen molar-refractivity contribution in [2.75, 3.05) is 12.3 Å². The fraction of sp³-hybridized carbons (Fsp3) is 0.333. The Morgan fingerprint density at radius 2 is 2.08 bits per heavy atom. The maximum Gasteiger partial charge on any atom is 0.129 e. The van der Waals surface area contributed by atoms with E-state index in [-0.39, 0.29) is 0 Å². The van der Waals surface area contributed by atoms with Crippen molar-refractivity contribution in [3.63, 3.8) is 0 Å². The van der Waals surface area contributed by atoms with Gasteiger partial charge in [0.05, 0.1) is 0 Å². The Labute approximate surface area is 76.8 Å². The van der Waals surface area contributed by atoms with Crippen molar-refractivity contribution >= 4 is 11.8 Å². The molecule has 0 aliphatic carbocycles. The predicted octanol–water partition coefficient (Wildman–Crippen LogP) is 1.83. The minimum absolute atomic E-state index is 0.361. The molecule has 0 heterocycles. The highest BCUT2D eigenvalue weighted by Gasteiger charge is 1.98. The molecule has 0 saturated carbocycles. The monoisotopic (exact) mass is 183 g/mol. The Balaban J connectivity index is 2.46. The zero-order valence-corrected chi connectivity index (χ0v) is 7.68. The van der Waals surface area contributed by atoms with Crippen molar-refractivity contribution in [1.82, 2.24) is 0 Å². The standard InChI is InChI=1S/C9H13NOS/c10-6-3-7-12-9-5-2-1-4-8(9)11/h1-2,4-5,11H,3,6-7,10H2. The normalized spacial score (nSPS) is 10.1. The Morgan fingerprint density at radius 3 is 2.75 bits per heavy atom. The third-order valence-electron chi connectivity index (χ3n) is 1.47. The molecule has 3 N–H and O–H groups in total. The van der Waals surface area contributed by atoms with E-state index in [2.05, 4.69) is 0 Å². The summed E-state index contributed by atoms with van der Waals surface area (Å²) in [6.45, 7) is 0.709. The van der Waals surface area contributed by atoms with Gasteiger partial charge in [-0.1, -0.05) is 12.1 Å². The minimum Gasteiger partial charge on any atom is -0.507 e. The van der Waals surface area contributed by atoms with E-state index in [1.165, 1.54) is 0 Å². The van der Waals surface area contributed by atoms with Gasteiger partial charge in [0.2, 0.25) is 0 Å². The van der Waals surface area contributed by atoms with E-state index in [0.717, 1.165) is 17.1 Å². The van der Waals surface area contributed by atoms with Crippen LogP contribution in [0, 0.1) is 0 Å². The summed E-state index contributed by atoms with van der Waals surface area (Å²) >= 11 is 1.64. The molecule has 0 aromatic heterocycles. The third kappa shape index (κ3) is 2.75. The molecule has 0 radical (unpaired) electrons. The summed E-state index contributed by atoms with van der Waals surface area (Å²) in [6, 6.07) is 7.36. The highest BCUT2D eigenvalue weighted by Crippen LogP contribution is 2.27. The number of rotatable bonds is 4. The molecule has 1 aromatic rings. The maximum atomic E-state index is 9.36. The van der Waals surface area contributed by atoms with Crippen molar-refractivity contribution in [3.8, 4) is 5.75 Å². The maximum absolute atomic E-state index is 9.36. The van der Waals surface area contributed by atoms with Gasteiger partial charge in [-0.15, -0.1) is 11.8 Å². The molecule has 2 nitrogen and oxygen atoms in total. The molecule has 0 spiro atoms. The zero-order valence-electron chi connectivity index (χ0n) is 6.86. The molecule has 0 atom stereocenters. The van der Waals surface area contributed by atoms with Crippen LogP contribution in [0.4, 0.5) is 0 Å². The summed E-state index contributed by atoms with van der Waals surface area (Å²) in [5.41, 5.74) is 5.35. The molecule has 0 aliphatic heterocycles. The molecular weight excluding hydrogens is 170 g/mol. The van der Waals surface area contributed by atoms with Gasteiger partial charge in [0.1, 0.15) is 5.75 Å². The fourth-order valence-corrected chi connectivity index (χ4v) is 1.77. The van der Waals surface area contributed by atoms with Crippen LogP contribution in [0.25, 0.3) is 0 Å². The van der Waals surface area contributed by atoms with Crippen LogP contribution in [-0.2, 0) is 0 Å². The van der Waals surface area contributed by atoms with Crippen LogP contribution in [0.3, 0.4) is 0 Å². The SMILES string of the molecule is NCCCSc1ccccc1O. The number of hydrogen-bond donors (Lipinski definition) is 2. The highest BCUT2D eigenvalue weighted by molar-refractivity contribution is 7.99. The summed E-state index contributed by atoms with van der Waals surface area (Å²) < 4.78 is 0. The number of thioether (sulfide) groups is 1. The smallest absolute Gasteiger partial charge is 0.129 e. The van der Waals surface area contributed by atoms with Crippen LogP contribution in [0.2, 0.25) is 0 Å². The molecule has 0 saturated heterocycles. The van der Waals surface area contributed by atoms with Gasteiger partial charge < -0.3 is 10.8 Å². The van der Waals surface area contributed by atoms with Gasteiger partial charge in [-0.25, -0.2) is 0 Å². The first-order chi connectivity index (χ1) is 5.84. The fourth-order valence-electron chi connectivity index (χ4n) is 0.845. The lowest BCUT2D eigenvalue weighted by molar-refractivity contribution is 0.462. The summed E-state index contributed by atoms with van der Waals surface area (Å²) in [5, 5.41) is 9.36. The minimum atomic E-state index is 0.361. The summed E-state index contributed by atoms with van der Waals surface area (Å²) in [4.78, 5) is 0.936. The lowest BCUT2D eigenvalue weighted by atomic mass is 10.3. The Kier molecular flexibility index (Phi) is 3.97. The topological polar surface area (TPSA) is 46.2 Å². The quantitative estimate of drug-likeness (QED) is 0.553. The molecule has 12 heavy (non-hydrogen) atoms. The van der Waals surface area contributed by atoms with Crippen LogP contribution in [0.15, 0.2) is 29.2 Å². The van der Waals surface area contributed by atoms with Crippen LogP contribution in [0.5, 0.6) is 5.75 Å². The van der Waals surface area contributed by atoms with Gasteiger partial charge in [0.25, 0.3) is 0 Å². The molecule has 0 unspecified atom stereocenters. The van der Waals surface area contributed by atoms with Crippen molar-refractivity contribution in [2.24, 2.45) is 5.73 Å². The first-order valence-electron chi connectivity index (χ1n) is 3.95. The molecule has 3 heteroatoms. The van der Waals surface area contributed by atoms with Gasteiger partial charge in [-0.3, -0.25) is 0 Å². The lowest BCUT2D eigenvalue weighted by Crippen LogP contribution is -1.99. The molecule has 0 bridgehead atoms. The molecule has 1 aromatic carbocycles. The molecule has 0 aliphatic rings. The molecule has 1 rings (SSSR count). The molecule has 66 valence electrons. The number of aromatic hydroxyl groups is 1. The predicted molar refractivity (Wildman–Crippen MR) is 52.5 cm³/mol. The van der Waals surface area contributed by atoms with Gasteiger partial charge in [0, 0.05) is 4.90 Å². The Bertz CT molecular complexity index is 240. The van der Waals surface area contributed by atoms with Gasteiger partial charge in [-0.2, -0.15) is 0 Å². The van der Waals surface area contributed by atoms with E-state index in [1.54, 1.807) is 17.8 Å². The number of para-hydroxylation sites is 1.